The largest absolute Gasteiger partial charge is 0.496 e. The Morgan fingerprint density at radius 2 is 1.98 bits per heavy atom. The van der Waals surface area contributed by atoms with Crippen molar-refractivity contribution in [3.8, 4) is 11.8 Å². The highest BCUT2D eigenvalue weighted by Crippen LogP contribution is 2.33. The number of hydrazone groups is 1. The number of aliphatic hydroxyl groups excluding tert-OH is 1. The Kier molecular flexibility index (Phi) is 12.4. The number of carbonyl (C=O) groups excluding carboxylic acids is 1. The number of methoxy groups -OCH3 is 1. The minimum atomic E-state index is -1.49. The Morgan fingerprint density at radius 3 is 2.57 bits per heavy atom. The zero-order valence-electron chi connectivity index (χ0n) is 27.0. The third-order valence-corrected chi connectivity index (χ3v) is 9.01. The van der Waals surface area contributed by atoms with Crippen LogP contribution in [0.4, 0.5) is 9.39 Å². The summed E-state index contributed by atoms with van der Waals surface area (Å²) in [5.41, 5.74) is 1.17. The second-order valence-electron chi connectivity index (χ2n) is 11.9. The van der Waals surface area contributed by atoms with E-state index in [2.05, 4.69) is 21.9 Å². The molecule has 0 aliphatic heterocycles. The maximum absolute atomic E-state index is 14.0. The Bertz CT molecular complexity index is 1740. The van der Waals surface area contributed by atoms with Crippen LogP contribution >= 0.6 is 11.3 Å². The number of hydrogen-bond acceptors (Lipinski definition) is 10. The van der Waals surface area contributed by atoms with Gasteiger partial charge in [0, 0.05) is 30.3 Å². The summed E-state index contributed by atoms with van der Waals surface area (Å²) in [6, 6.07) is 6.17. The first kappa shape index (κ1) is 36.1. The number of aliphatic hydroxyl groups is 1. The molecule has 1 aliphatic carbocycles. The van der Waals surface area contributed by atoms with Crippen LogP contribution in [0.3, 0.4) is 0 Å². The molecule has 1 amide bonds. The Hall–Kier alpha value is -4.35. The number of benzene rings is 1. The maximum Gasteiger partial charge on any atom is 0.333 e. The van der Waals surface area contributed by atoms with E-state index in [0.29, 0.717) is 26.7 Å². The molecule has 1 aromatic carbocycles. The van der Waals surface area contributed by atoms with Gasteiger partial charge in [0.05, 0.1) is 30.9 Å². The van der Waals surface area contributed by atoms with E-state index in [9.17, 15) is 18.8 Å². The predicted octanol–water partition coefficient (Wildman–Crippen LogP) is 4.29. The SMILES string of the molecule is COc1ccc(F)cc1CCn1c(=O)n(C(C)(C)C(=O)NC(C)C)c(=O)c2c(C)c(N/N=C\C=N)sc21.N#CC1CCC(O)CC1. The first-order valence-electron chi connectivity index (χ1n) is 15.0. The van der Waals surface area contributed by atoms with Crippen LogP contribution in [0.15, 0.2) is 32.9 Å². The molecule has 0 spiro atoms. The molecule has 2 aromatic heterocycles. The molecule has 4 N–H and O–H groups in total. The highest BCUT2D eigenvalue weighted by Gasteiger charge is 2.35. The second-order valence-corrected chi connectivity index (χ2v) is 12.9. The highest BCUT2D eigenvalue weighted by atomic mass is 32.1. The van der Waals surface area contributed by atoms with Gasteiger partial charge in [-0.3, -0.25) is 19.6 Å². The number of aromatic nitrogens is 2. The van der Waals surface area contributed by atoms with E-state index in [1.54, 1.807) is 20.8 Å². The molecule has 0 unspecified atom stereocenters. The average molecular weight is 656 g/mol. The number of carbonyl (C=O) groups is 1. The molecular weight excluding hydrogens is 613 g/mol. The van der Waals surface area contributed by atoms with Crippen molar-refractivity contribution in [3.05, 3.63) is 56.0 Å². The second kappa shape index (κ2) is 15.8. The summed E-state index contributed by atoms with van der Waals surface area (Å²) in [5.74, 6) is -0.219. The third kappa shape index (κ3) is 8.27. The minimum absolute atomic E-state index is 0.0977. The predicted molar refractivity (Wildman–Crippen MR) is 179 cm³/mol. The smallest absolute Gasteiger partial charge is 0.333 e. The van der Waals surface area contributed by atoms with Crippen LogP contribution in [0.2, 0.25) is 0 Å². The lowest BCUT2D eigenvalue weighted by atomic mass is 9.89. The van der Waals surface area contributed by atoms with Gasteiger partial charge in [0.1, 0.15) is 26.9 Å². The summed E-state index contributed by atoms with van der Waals surface area (Å²) in [5, 5.41) is 32.1. The number of anilines is 1. The molecule has 1 fully saturated rings. The van der Waals surface area contributed by atoms with Crippen LogP contribution < -0.4 is 26.7 Å². The topological polar surface area (TPSA) is 175 Å². The fourth-order valence-corrected chi connectivity index (χ4v) is 6.37. The molecule has 1 aliphatic rings. The Labute approximate surface area is 271 Å². The van der Waals surface area contributed by atoms with Gasteiger partial charge in [0.25, 0.3) is 5.56 Å². The number of aryl methyl sites for hydroxylation is 3. The van der Waals surface area contributed by atoms with Crippen molar-refractivity contribution < 1.29 is 19.0 Å². The summed E-state index contributed by atoms with van der Waals surface area (Å²) >= 11 is 1.16. The van der Waals surface area contributed by atoms with Crippen molar-refractivity contribution in [1.29, 1.82) is 10.7 Å². The summed E-state index contributed by atoms with van der Waals surface area (Å²) in [7, 11) is 1.48. The zero-order chi connectivity index (χ0) is 34.2. The molecule has 0 bridgehead atoms. The molecule has 1 saturated carbocycles. The van der Waals surface area contributed by atoms with Gasteiger partial charge < -0.3 is 20.6 Å². The average Bonchev–Trinajstić information content (AvgIpc) is 3.33. The number of fused-ring (bicyclic) bond motifs is 1. The Balaban J connectivity index is 0.000000549. The fraction of sp³-hybridized carbons (Fsp3) is 0.500. The monoisotopic (exact) mass is 655 g/mol. The van der Waals surface area contributed by atoms with Gasteiger partial charge in [-0.15, -0.1) is 0 Å². The van der Waals surface area contributed by atoms with E-state index < -0.39 is 28.5 Å². The van der Waals surface area contributed by atoms with Crippen LogP contribution in [0.1, 0.15) is 64.5 Å². The van der Waals surface area contributed by atoms with Crippen molar-refractivity contribution >= 4 is 44.9 Å². The number of halogens is 1. The molecule has 12 nitrogen and oxygen atoms in total. The first-order chi connectivity index (χ1) is 21.8. The summed E-state index contributed by atoms with van der Waals surface area (Å²) in [4.78, 5) is 41.0. The normalized spacial score (nSPS) is 16.5. The lowest BCUT2D eigenvalue weighted by Gasteiger charge is -2.27. The minimum Gasteiger partial charge on any atom is -0.496 e. The van der Waals surface area contributed by atoms with Crippen LogP contribution in [-0.2, 0) is 23.3 Å². The molecule has 0 radical (unpaired) electrons. The van der Waals surface area contributed by atoms with E-state index in [-0.39, 0.29) is 36.4 Å². The zero-order valence-corrected chi connectivity index (χ0v) is 27.8. The lowest BCUT2D eigenvalue weighted by molar-refractivity contribution is -0.129. The summed E-state index contributed by atoms with van der Waals surface area (Å²) < 4.78 is 21.7. The standard InChI is InChI=1S/C25H31FN6O4S.C7H11NO/c1-14(2)29-23(34)25(4,5)32-21(33)19-15(3)20(30-28-11-10-27)37-22(19)31(24(32)35)12-9-16-13-17(26)7-8-18(16)36-6;8-5-6-1-3-7(9)4-2-6/h7-8,10-11,13-14,27,30H,9,12H2,1-6H3,(H,29,34);6-7,9H,1-4H2/b27-10?,28-11-;. The molecular formula is C32H42FN7O5S. The molecule has 248 valence electrons. The van der Waals surface area contributed by atoms with Crippen molar-refractivity contribution in [3.63, 3.8) is 0 Å². The first-order valence-corrected chi connectivity index (χ1v) is 15.9. The Morgan fingerprint density at radius 1 is 1.30 bits per heavy atom. The molecule has 2 heterocycles. The fourth-order valence-electron chi connectivity index (χ4n) is 5.20. The van der Waals surface area contributed by atoms with E-state index in [4.69, 9.17) is 20.5 Å². The number of rotatable bonds is 10. The number of hydrogen-bond donors (Lipinski definition) is 4. The molecule has 0 saturated heterocycles. The summed E-state index contributed by atoms with van der Waals surface area (Å²) in [6.07, 6.45) is 5.75. The van der Waals surface area contributed by atoms with Crippen LogP contribution in [0, 0.1) is 35.4 Å². The van der Waals surface area contributed by atoms with Crippen LogP contribution in [-0.4, -0.2) is 51.8 Å². The number of amides is 1. The van der Waals surface area contributed by atoms with Gasteiger partial charge >= 0.3 is 5.69 Å². The maximum atomic E-state index is 14.0. The van der Waals surface area contributed by atoms with Crippen LogP contribution in [0.25, 0.3) is 10.2 Å². The molecule has 4 rings (SSSR count). The van der Waals surface area contributed by atoms with Gasteiger partial charge in [-0.25, -0.2) is 13.8 Å². The van der Waals surface area contributed by atoms with E-state index in [0.717, 1.165) is 47.8 Å². The number of nitriles is 1. The van der Waals surface area contributed by atoms with E-state index >= 15 is 0 Å². The highest BCUT2D eigenvalue weighted by molar-refractivity contribution is 7.22. The number of nitrogens with zero attached hydrogens (tertiary/aromatic N) is 4. The van der Waals surface area contributed by atoms with Crippen molar-refractivity contribution in [2.75, 3.05) is 12.5 Å². The quantitative estimate of drug-likeness (QED) is 0.186. The lowest BCUT2D eigenvalue weighted by Crippen LogP contribution is -2.56. The van der Waals surface area contributed by atoms with E-state index in [1.807, 2.05) is 0 Å². The number of nitrogens with one attached hydrogen (secondary N) is 3. The van der Waals surface area contributed by atoms with Gasteiger partial charge in [-0.05, 0) is 90.5 Å². The molecule has 46 heavy (non-hydrogen) atoms. The third-order valence-electron chi connectivity index (χ3n) is 7.79. The van der Waals surface area contributed by atoms with Crippen molar-refractivity contribution in [2.24, 2.45) is 11.0 Å². The van der Waals surface area contributed by atoms with Crippen molar-refractivity contribution in [1.82, 2.24) is 14.5 Å². The van der Waals surface area contributed by atoms with Gasteiger partial charge in [0.15, 0.2) is 0 Å². The van der Waals surface area contributed by atoms with Gasteiger partial charge in [0.2, 0.25) is 5.91 Å². The number of thiophene rings is 1. The number of ether oxygens (including phenoxy) is 1. The van der Waals surface area contributed by atoms with Gasteiger partial charge in [-0.1, -0.05) is 11.3 Å². The molecule has 0 atom stereocenters. The van der Waals surface area contributed by atoms with E-state index in [1.165, 1.54) is 49.9 Å². The summed E-state index contributed by atoms with van der Waals surface area (Å²) in [6.45, 7) is 8.45. The molecule has 3 aromatic rings. The van der Waals surface area contributed by atoms with Crippen LogP contribution in [0.5, 0.6) is 5.75 Å². The molecule has 14 heteroatoms. The van der Waals surface area contributed by atoms with Crippen molar-refractivity contribution in [2.45, 2.75) is 91.0 Å². The van der Waals surface area contributed by atoms with Gasteiger partial charge in [-0.2, -0.15) is 10.4 Å².